The summed E-state index contributed by atoms with van der Waals surface area (Å²) in [4.78, 5) is 98.4. The van der Waals surface area contributed by atoms with Crippen molar-refractivity contribution in [3.8, 4) is 5.75 Å². The molecule has 6 amide bonds. The van der Waals surface area contributed by atoms with E-state index in [4.69, 9.17) is 4.74 Å². The molecule has 3 aromatic carbocycles. The van der Waals surface area contributed by atoms with Crippen molar-refractivity contribution in [3.05, 3.63) is 102 Å². The molecule has 1 atom stereocenters. The highest BCUT2D eigenvalue weighted by Crippen LogP contribution is 2.50. The van der Waals surface area contributed by atoms with E-state index in [1.54, 1.807) is 18.5 Å². The Balaban J connectivity index is 0.625. The Labute approximate surface area is 386 Å². The average molecular weight is 906 g/mol. The van der Waals surface area contributed by atoms with Gasteiger partial charge in [-0.3, -0.25) is 43.9 Å². The van der Waals surface area contributed by atoms with Gasteiger partial charge in [-0.15, -0.1) is 0 Å². The molecule has 11 rings (SSSR count). The third-order valence-electron chi connectivity index (χ3n) is 14.7. The molecule has 6 aliphatic rings. The van der Waals surface area contributed by atoms with Gasteiger partial charge in [0.1, 0.15) is 18.1 Å². The zero-order valence-electron chi connectivity index (χ0n) is 36.9. The van der Waals surface area contributed by atoms with Gasteiger partial charge in [-0.05, 0) is 85.9 Å². The van der Waals surface area contributed by atoms with Crippen LogP contribution in [0.1, 0.15) is 77.3 Å². The Morgan fingerprint density at radius 2 is 1.63 bits per heavy atom. The highest BCUT2D eigenvalue weighted by Gasteiger charge is 2.51. The summed E-state index contributed by atoms with van der Waals surface area (Å²) in [6.07, 6.45) is 8.51. The summed E-state index contributed by atoms with van der Waals surface area (Å²) in [5.41, 5.74) is 4.78. The fourth-order valence-corrected chi connectivity index (χ4v) is 11.0. The van der Waals surface area contributed by atoms with E-state index >= 15 is 0 Å². The van der Waals surface area contributed by atoms with E-state index in [1.165, 1.54) is 6.07 Å². The Bertz CT molecular complexity index is 2780. The minimum Gasteiger partial charge on any atom is -0.483 e. The maximum Gasteiger partial charge on any atom is 0.266 e. The highest BCUT2D eigenvalue weighted by molar-refractivity contribution is 6.24. The van der Waals surface area contributed by atoms with Crippen LogP contribution in [0.15, 0.2) is 85.5 Å². The second-order valence-electron chi connectivity index (χ2n) is 18.8. The predicted molar refractivity (Wildman–Crippen MR) is 244 cm³/mol. The fourth-order valence-electron chi connectivity index (χ4n) is 11.0. The van der Waals surface area contributed by atoms with Gasteiger partial charge in [0.05, 0.1) is 23.9 Å². The van der Waals surface area contributed by atoms with Gasteiger partial charge in [0.25, 0.3) is 17.7 Å². The third-order valence-corrected chi connectivity index (χ3v) is 14.7. The quantitative estimate of drug-likeness (QED) is 0.153. The van der Waals surface area contributed by atoms with Gasteiger partial charge >= 0.3 is 0 Å². The number of amides is 6. The standard InChI is InChI=1S/C49H51N11O7/c61-39-14-13-37(46(64)55-39)60-47(65)36-7-4-8-38(42(36)48(60)66)67-26-41(63)58-16-15-49(27-58)24-35(25-49)57-19-17-56(18-20-57)33-11-9-31(10-12-33)54-44-43-45(51-28-50-44)59(29-52-43)34-22-32(23-34)53-40(62)21-30-5-2-1-3-6-30/h1-12,28-29,32,34-35,37H,13-27H2,(H,53,62)(H,50,51,54)(H,55,61,64). The number of piperidine rings is 1. The van der Waals surface area contributed by atoms with Gasteiger partial charge in [-0.2, -0.15) is 0 Å². The molecule has 2 aliphatic carbocycles. The van der Waals surface area contributed by atoms with E-state index in [2.05, 4.69) is 69.5 Å². The number of hydrogen-bond donors (Lipinski definition) is 3. The lowest BCUT2D eigenvalue weighted by molar-refractivity contribution is -0.136. The molecule has 0 radical (unpaired) electrons. The third kappa shape index (κ3) is 8.12. The molecule has 4 aliphatic heterocycles. The summed E-state index contributed by atoms with van der Waals surface area (Å²) in [6, 6.07) is 22.6. The van der Waals surface area contributed by atoms with Crippen LogP contribution in [0.2, 0.25) is 0 Å². The van der Waals surface area contributed by atoms with E-state index < -0.39 is 29.7 Å². The van der Waals surface area contributed by atoms with Crippen LogP contribution >= 0.6 is 0 Å². The Hall–Kier alpha value is -7.21. The van der Waals surface area contributed by atoms with Crippen LogP contribution in [-0.4, -0.2) is 134 Å². The van der Waals surface area contributed by atoms with Crippen LogP contribution < -0.4 is 25.6 Å². The van der Waals surface area contributed by atoms with Gasteiger partial charge in [0, 0.05) is 75.2 Å². The molecule has 2 aromatic heterocycles. The lowest BCUT2D eigenvalue weighted by atomic mass is 9.64. The first-order chi connectivity index (χ1) is 32.6. The summed E-state index contributed by atoms with van der Waals surface area (Å²) in [7, 11) is 0. The maximum absolute atomic E-state index is 13.5. The summed E-state index contributed by atoms with van der Waals surface area (Å²) in [5, 5.41) is 8.82. The van der Waals surface area contributed by atoms with Crippen molar-refractivity contribution in [2.24, 2.45) is 5.41 Å². The first kappa shape index (κ1) is 42.4. The SMILES string of the molecule is O=C1CCC(N2C(=O)c3cccc(OCC(=O)N4CCC5(CC(N6CCN(c7ccc(Nc8ncnc9c8ncn9C8CC(NC(=O)Cc9ccccc9)C8)cc7)CC6)C5)C4)c3C2=O)C(=O)N1. The number of piperazine rings is 1. The molecular weight excluding hydrogens is 855 g/mol. The van der Waals surface area contributed by atoms with Crippen LogP contribution in [0.4, 0.5) is 17.2 Å². The van der Waals surface area contributed by atoms with Gasteiger partial charge in [-0.1, -0.05) is 36.4 Å². The monoisotopic (exact) mass is 905 g/mol. The molecule has 2 saturated carbocycles. The minimum atomic E-state index is -1.08. The summed E-state index contributed by atoms with van der Waals surface area (Å²) in [6.45, 7) is 4.80. The van der Waals surface area contributed by atoms with Crippen molar-refractivity contribution in [3.63, 3.8) is 0 Å². The van der Waals surface area contributed by atoms with Crippen molar-refractivity contribution >= 4 is 63.8 Å². The molecule has 18 nitrogen and oxygen atoms in total. The number of imidazole rings is 1. The number of carbonyl (C=O) groups is 6. The van der Waals surface area contributed by atoms with E-state index in [0.29, 0.717) is 36.9 Å². The highest BCUT2D eigenvalue weighted by atomic mass is 16.5. The first-order valence-electron chi connectivity index (χ1n) is 23.2. The van der Waals surface area contributed by atoms with Gasteiger partial charge in [0.15, 0.2) is 23.6 Å². The number of rotatable bonds is 12. The van der Waals surface area contributed by atoms with Crippen LogP contribution in [0.25, 0.3) is 11.2 Å². The van der Waals surface area contributed by atoms with E-state index in [0.717, 1.165) is 85.8 Å². The molecule has 67 heavy (non-hydrogen) atoms. The van der Waals surface area contributed by atoms with Crippen LogP contribution in [0.5, 0.6) is 5.75 Å². The number of benzene rings is 3. The van der Waals surface area contributed by atoms with E-state index in [-0.39, 0.29) is 65.6 Å². The van der Waals surface area contributed by atoms with E-state index in [9.17, 15) is 28.8 Å². The van der Waals surface area contributed by atoms with Crippen molar-refractivity contribution in [1.82, 2.24) is 44.9 Å². The van der Waals surface area contributed by atoms with Crippen LogP contribution in [-0.2, 0) is 25.6 Å². The molecule has 5 aromatic rings. The van der Waals surface area contributed by atoms with E-state index in [1.807, 2.05) is 41.6 Å². The van der Waals surface area contributed by atoms with Gasteiger partial charge < -0.3 is 29.7 Å². The molecule has 3 saturated heterocycles. The second kappa shape index (κ2) is 17.2. The normalized spacial score (nSPS) is 24.9. The molecule has 18 heteroatoms. The van der Waals surface area contributed by atoms with Crippen molar-refractivity contribution in [2.75, 3.05) is 56.1 Å². The number of anilines is 3. The minimum absolute atomic E-state index is 0.0288. The lowest BCUT2D eigenvalue weighted by Crippen LogP contribution is -2.57. The Morgan fingerprint density at radius 3 is 2.40 bits per heavy atom. The topological polar surface area (TPSA) is 204 Å². The molecule has 1 unspecified atom stereocenters. The second-order valence-corrected chi connectivity index (χ2v) is 18.8. The number of nitrogens with one attached hydrogen (secondary N) is 3. The molecule has 5 fully saturated rings. The number of likely N-dealkylation sites (tertiary alicyclic amines) is 1. The smallest absolute Gasteiger partial charge is 0.266 e. The summed E-state index contributed by atoms with van der Waals surface area (Å²) < 4.78 is 8.00. The molecular formula is C49H51N11O7. The predicted octanol–water partition coefficient (Wildman–Crippen LogP) is 3.62. The Morgan fingerprint density at radius 1 is 0.836 bits per heavy atom. The molecule has 3 N–H and O–H groups in total. The Kier molecular flexibility index (Phi) is 10.9. The van der Waals surface area contributed by atoms with Gasteiger partial charge in [-0.25, -0.2) is 15.0 Å². The molecule has 1 spiro atoms. The summed E-state index contributed by atoms with van der Waals surface area (Å²) >= 11 is 0. The summed E-state index contributed by atoms with van der Waals surface area (Å²) in [5.74, 6) is -1.77. The number of hydrogen-bond acceptors (Lipinski definition) is 13. The maximum atomic E-state index is 13.5. The number of ether oxygens (including phenoxy) is 1. The fraction of sp³-hybridized carbons (Fsp3) is 0.408. The number of carbonyl (C=O) groups excluding carboxylic acids is 6. The van der Waals surface area contributed by atoms with Gasteiger partial charge in [0.2, 0.25) is 17.7 Å². The molecule has 6 heterocycles. The average Bonchev–Trinajstić information content (AvgIpc) is 4.02. The number of imide groups is 2. The van der Waals surface area contributed by atoms with Crippen LogP contribution in [0.3, 0.4) is 0 Å². The number of fused-ring (bicyclic) bond motifs is 2. The molecule has 344 valence electrons. The van der Waals surface area contributed by atoms with Crippen molar-refractivity contribution in [1.29, 1.82) is 0 Å². The molecule has 0 bridgehead atoms. The van der Waals surface area contributed by atoms with Crippen molar-refractivity contribution in [2.45, 2.75) is 75.5 Å². The number of nitrogens with zero attached hydrogens (tertiary/aromatic N) is 8. The number of aromatic nitrogens is 4. The zero-order chi connectivity index (χ0) is 45.8. The van der Waals surface area contributed by atoms with Crippen molar-refractivity contribution < 1.29 is 33.5 Å². The zero-order valence-corrected chi connectivity index (χ0v) is 36.9. The lowest BCUT2D eigenvalue weighted by Gasteiger charge is -2.52. The largest absolute Gasteiger partial charge is 0.483 e. The van der Waals surface area contributed by atoms with Crippen LogP contribution in [0, 0.1) is 5.41 Å². The first-order valence-corrected chi connectivity index (χ1v) is 23.2.